The number of benzene rings is 1. The molecule has 1 aromatic carbocycles. The van der Waals surface area contributed by atoms with Crippen molar-refractivity contribution in [1.82, 2.24) is 15.5 Å². The lowest BCUT2D eigenvalue weighted by Gasteiger charge is -2.36. The molecule has 2 fully saturated rings. The summed E-state index contributed by atoms with van der Waals surface area (Å²) < 4.78 is 39.0. The first-order valence-electron chi connectivity index (χ1n) is 9.38. The summed E-state index contributed by atoms with van der Waals surface area (Å²) >= 11 is 5.95. The number of hydrogen-bond acceptors (Lipinski definition) is 2. The van der Waals surface area contributed by atoms with Crippen LogP contribution in [0.3, 0.4) is 0 Å². The summed E-state index contributed by atoms with van der Waals surface area (Å²) in [4.78, 5) is 25.7. The maximum Gasteiger partial charge on any atom is 0.391 e. The molecule has 0 unspecified atom stereocenters. The Morgan fingerprint density at radius 3 is 2.39 bits per heavy atom. The van der Waals surface area contributed by atoms with E-state index in [1.54, 1.807) is 24.3 Å². The van der Waals surface area contributed by atoms with Gasteiger partial charge in [-0.2, -0.15) is 13.2 Å². The highest BCUT2D eigenvalue weighted by Gasteiger charge is 2.43. The number of nitrogens with one attached hydrogen (secondary N) is 2. The molecule has 1 atom stereocenters. The molecular formula is C19H23ClF3N3O2. The van der Waals surface area contributed by atoms with Gasteiger partial charge in [0.25, 0.3) is 0 Å². The van der Waals surface area contributed by atoms with E-state index in [4.69, 9.17) is 11.6 Å². The Labute approximate surface area is 166 Å². The smallest absolute Gasteiger partial charge is 0.353 e. The second-order valence-electron chi connectivity index (χ2n) is 7.40. The second kappa shape index (κ2) is 8.59. The molecule has 0 radical (unpaired) electrons. The Bertz CT molecular complexity index is 703. The molecule has 154 valence electrons. The average Bonchev–Trinajstić information content (AvgIpc) is 2.66. The molecule has 9 heteroatoms. The van der Waals surface area contributed by atoms with Crippen molar-refractivity contribution in [2.45, 2.75) is 37.9 Å². The molecule has 5 nitrogen and oxygen atoms in total. The van der Waals surface area contributed by atoms with E-state index in [1.165, 1.54) is 4.90 Å². The van der Waals surface area contributed by atoms with Gasteiger partial charge in [-0.3, -0.25) is 4.79 Å². The SMILES string of the molecule is O=C1CN(C(=O)N[C@@H](c2ccc(Cl)cc2)C2CCC(C(F)(F)F)CC2)CCN1. The Kier molecular flexibility index (Phi) is 6.37. The number of carbonyl (C=O) groups excluding carboxylic acids is 2. The first-order chi connectivity index (χ1) is 13.2. The molecule has 0 bridgehead atoms. The molecule has 28 heavy (non-hydrogen) atoms. The summed E-state index contributed by atoms with van der Waals surface area (Å²) in [6.45, 7) is 0.750. The summed E-state index contributed by atoms with van der Waals surface area (Å²) in [5, 5.41) is 6.15. The van der Waals surface area contributed by atoms with Gasteiger partial charge in [-0.15, -0.1) is 0 Å². The number of amides is 3. The molecule has 1 saturated heterocycles. The predicted molar refractivity (Wildman–Crippen MR) is 98.8 cm³/mol. The molecule has 1 saturated carbocycles. The predicted octanol–water partition coefficient (Wildman–Crippen LogP) is 3.89. The Morgan fingerprint density at radius 2 is 1.82 bits per heavy atom. The third-order valence-corrected chi connectivity index (χ3v) is 5.79. The van der Waals surface area contributed by atoms with E-state index in [0.717, 1.165) is 5.56 Å². The minimum Gasteiger partial charge on any atom is -0.353 e. The fraction of sp³-hybridized carbons (Fsp3) is 0.579. The number of urea groups is 1. The van der Waals surface area contributed by atoms with Gasteiger partial charge in [-0.1, -0.05) is 23.7 Å². The minimum absolute atomic E-state index is 0.0278. The van der Waals surface area contributed by atoms with Gasteiger partial charge in [0.1, 0.15) is 6.54 Å². The number of halogens is 4. The summed E-state index contributed by atoms with van der Waals surface area (Å²) in [5.41, 5.74) is 0.801. The van der Waals surface area contributed by atoms with Gasteiger partial charge in [0, 0.05) is 18.1 Å². The van der Waals surface area contributed by atoms with Crippen LogP contribution in [0.1, 0.15) is 37.3 Å². The van der Waals surface area contributed by atoms with Gasteiger partial charge in [-0.25, -0.2) is 4.79 Å². The summed E-state index contributed by atoms with van der Waals surface area (Å²) in [5.74, 6) is -1.62. The maximum atomic E-state index is 13.0. The topological polar surface area (TPSA) is 61.4 Å². The summed E-state index contributed by atoms with van der Waals surface area (Å²) in [6.07, 6.45) is -3.32. The number of piperazine rings is 1. The second-order valence-corrected chi connectivity index (χ2v) is 7.84. The van der Waals surface area contributed by atoms with Crippen molar-refractivity contribution in [1.29, 1.82) is 0 Å². The maximum absolute atomic E-state index is 13.0. The molecule has 1 heterocycles. The van der Waals surface area contributed by atoms with Crippen molar-refractivity contribution >= 4 is 23.5 Å². The molecule has 1 aromatic rings. The highest BCUT2D eigenvalue weighted by Crippen LogP contribution is 2.43. The zero-order chi connectivity index (χ0) is 20.3. The lowest BCUT2D eigenvalue weighted by molar-refractivity contribution is -0.184. The number of nitrogens with zero attached hydrogens (tertiary/aromatic N) is 1. The normalized spacial score (nSPS) is 24.4. The van der Waals surface area contributed by atoms with E-state index in [-0.39, 0.29) is 37.2 Å². The zero-order valence-electron chi connectivity index (χ0n) is 15.3. The van der Waals surface area contributed by atoms with Crippen LogP contribution in [0.5, 0.6) is 0 Å². The van der Waals surface area contributed by atoms with E-state index in [2.05, 4.69) is 10.6 Å². The average molecular weight is 418 g/mol. The van der Waals surface area contributed by atoms with Crippen molar-refractivity contribution in [3.8, 4) is 0 Å². The number of rotatable bonds is 3. The van der Waals surface area contributed by atoms with Gasteiger partial charge >= 0.3 is 12.2 Å². The van der Waals surface area contributed by atoms with E-state index < -0.39 is 18.1 Å². The fourth-order valence-corrected chi connectivity index (χ4v) is 4.09. The third-order valence-electron chi connectivity index (χ3n) is 5.54. The summed E-state index contributed by atoms with van der Waals surface area (Å²) in [7, 11) is 0. The molecule has 0 aromatic heterocycles. The van der Waals surface area contributed by atoms with Crippen molar-refractivity contribution in [3.05, 3.63) is 34.9 Å². The third kappa shape index (κ3) is 5.10. The highest BCUT2D eigenvalue weighted by atomic mass is 35.5. The molecule has 3 amide bonds. The molecule has 2 N–H and O–H groups in total. The van der Waals surface area contributed by atoms with E-state index in [0.29, 0.717) is 31.0 Å². The van der Waals surface area contributed by atoms with Crippen LogP contribution in [0.15, 0.2) is 24.3 Å². The first-order valence-corrected chi connectivity index (χ1v) is 9.76. The van der Waals surface area contributed by atoms with Crippen molar-refractivity contribution in [2.75, 3.05) is 19.6 Å². The van der Waals surface area contributed by atoms with Crippen molar-refractivity contribution in [2.24, 2.45) is 11.8 Å². The Morgan fingerprint density at radius 1 is 1.18 bits per heavy atom. The van der Waals surface area contributed by atoms with Crippen molar-refractivity contribution in [3.63, 3.8) is 0 Å². The molecule has 1 aliphatic carbocycles. The lowest BCUT2D eigenvalue weighted by atomic mass is 9.76. The molecule has 1 aliphatic heterocycles. The van der Waals surface area contributed by atoms with Crippen LogP contribution in [0.25, 0.3) is 0 Å². The van der Waals surface area contributed by atoms with Crippen LogP contribution in [0.2, 0.25) is 5.02 Å². The largest absolute Gasteiger partial charge is 0.391 e. The minimum atomic E-state index is -4.18. The van der Waals surface area contributed by atoms with Gasteiger partial charge in [0.15, 0.2) is 0 Å². The fourth-order valence-electron chi connectivity index (χ4n) is 3.96. The molecule has 2 aliphatic rings. The lowest BCUT2D eigenvalue weighted by Crippen LogP contribution is -2.54. The molecule has 0 spiro atoms. The summed E-state index contributed by atoms with van der Waals surface area (Å²) in [6, 6.07) is 6.16. The van der Waals surface area contributed by atoms with Gasteiger partial charge in [0.2, 0.25) is 5.91 Å². The van der Waals surface area contributed by atoms with E-state index >= 15 is 0 Å². The highest BCUT2D eigenvalue weighted by molar-refractivity contribution is 6.30. The zero-order valence-corrected chi connectivity index (χ0v) is 16.0. The van der Waals surface area contributed by atoms with Crippen molar-refractivity contribution < 1.29 is 22.8 Å². The quantitative estimate of drug-likeness (QED) is 0.783. The van der Waals surface area contributed by atoms with Gasteiger partial charge in [-0.05, 0) is 49.3 Å². The molecule has 3 rings (SSSR count). The van der Waals surface area contributed by atoms with Crippen LogP contribution in [0.4, 0.5) is 18.0 Å². The Hall–Kier alpha value is -1.96. The molecular weight excluding hydrogens is 395 g/mol. The van der Waals surface area contributed by atoms with Gasteiger partial charge < -0.3 is 15.5 Å². The monoisotopic (exact) mass is 417 g/mol. The van der Waals surface area contributed by atoms with Crippen LogP contribution >= 0.6 is 11.6 Å². The van der Waals surface area contributed by atoms with Crippen LogP contribution in [0, 0.1) is 11.8 Å². The van der Waals surface area contributed by atoms with E-state index in [1.807, 2.05) is 0 Å². The first kappa shape index (κ1) is 20.8. The standard InChI is InChI=1S/C19H23ClF3N3O2/c20-15-7-3-13(4-8-15)17(12-1-5-14(6-2-12)19(21,22)23)25-18(28)26-10-9-24-16(27)11-26/h3-4,7-8,12,14,17H,1-2,5-6,9-11H2,(H,24,27)(H,25,28)/t12?,14?,17-/m1/s1. The van der Waals surface area contributed by atoms with Gasteiger partial charge in [0.05, 0.1) is 12.0 Å². The number of alkyl halides is 3. The Balaban J connectivity index is 1.73. The van der Waals surface area contributed by atoms with Crippen LogP contribution in [-0.4, -0.2) is 42.6 Å². The number of hydrogen-bond donors (Lipinski definition) is 2. The number of carbonyl (C=O) groups is 2. The van der Waals surface area contributed by atoms with E-state index in [9.17, 15) is 22.8 Å². The van der Waals surface area contributed by atoms with Crippen LogP contribution in [-0.2, 0) is 4.79 Å². The van der Waals surface area contributed by atoms with Crippen LogP contribution < -0.4 is 10.6 Å².